The summed E-state index contributed by atoms with van der Waals surface area (Å²) in [5, 5.41) is 16.2. The number of hydrogen-bond donors (Lipinski definition) is 3. The number of ether oxygens (including phenoxy) is 1. The summed E-state index contributed by atoms with van der Waals surface area (Å²) in [6.07, 6.45) is -0.237. The molecule has 0 saturated heterocycles. The molecule has 3 rings (SSSR count). The number of carbonyl (C=O) groups excluding carboxylic acids is 4. The normalized spacial score (nSPS) is 12.2. The van der Waals surface area contributed by atoms with E-state index in [1.54, 1.807) is 6.07 Å². The van der Waals surface area contributed by atoms with Crippen LogP contribution in [0.15, 0.2) is 72.8 Å². The Bertz CT molecular complexity index is 1320. The Morgan fingerprint density at radius 2 is 1.56 bits per heavy atom. The molecule has 39 heavy (non-hydrogen) atoms. The average molecular weight is 533 g/mol. The number of benzene rings is 3. The fourth-order valence-electron chi connectivity index (χ4n) is 4.07. The summed E-state index contributed by atoms with van der Waals surface area (Å²) in [6, 6.07) is 21.3. The Labute approximate surface area is 226 Å². The number of fused-ring (bicyclic) bond motifs is 1. The zero-order valence-corrected chi connectivity index (χ0v) is 21.7. The molecule has 0 bridgehead atoms. The van der Waals surface area contributed by atoms with Crippen molar-refractivity contribution in [2.75, 3.05) is 13.2 Å². The first kappa shape index (κ1) is 29.0. The van der Waals surface area contributed by atoms with E-state index in [0.717, 1.165) is 21.9 Å². The van der Waals surface area contributed by atoms with Gasteiger partial charge in [0, 0.05) is 18.9 Å². The van der Waals surface area contributed by atoms with E-state index in [1.807, 2.05) is 66.7 Å². The molecule has 0 radical (unpaired) electrons. The number of Topliss-reactive ketones (excluding diaryl/α,β-unsaturated/α-hetero) is 1. The lowest BCUT2D eigenvalue weighted by molar-refractivity contribution is -0.148. The number of carbonyl (C=O) groups is 5. The maximum Gasteiger partial charge on any atom is 0.310 e. The molecule has 204 valence electrons. The highest BCUT2D eigenvalue weighted by Crippen LogP contribution is 2.19. The lowest BCUT2D eigenvalue weighted by Gasteiger charge is -2.19. The van der Waals surface area contributed by atoms with Crippen LogP contribution in [0.4, 0.5) is 0 Å². The summed E-state index contributed by atoms with van der Waals surface area (Å²) in [6.45, 7) is 1.23. The zero-order chi connectivity index (χ0) is 28.2. The van der Waals surface area contributed by atoms with Crippen molar-refractivity contribution in [1.29, 1.82) is 0 Å². The molecular formula is C30H32N2O7. The van der Waals surface area contributed by atoms with Crippen molar-refractivity contribution in [3.8, 4) is 0 Å². The third-order valence-electron chi connectivity index (χ3n) is 6.19. The molecule has 2 unspecified atom stereocenters. The molecule has 0 fully saturated rings. The summed E-state index contributed by atoms with van der Waals surface area (Å²) >= 11 is 0. The van der Waals surface area contributed by atoms with Gasteiger partial charge in [-0.25, -0.2) is 0 Å². The number of aliphatic carboxylic acids is 1. The summed E-state index contributed by atoms with van der Waals surface area (Å²) < 4.78 is 5.11. The van der Waals surface area contributed by atoms with E-state index in [-0.39, 0.29) is 18.7 Å². The van der Waals surface area contributed by atoms with E-state index in [2.05, 4.69) is 10.6 Å². The van der Waals surface area contributed by atoms with E-state index in [1.165, 1.54) is 6.92 Å². The summed E-state index contributed by atoms with van der Waals surface area (Å²) in [5.41, 5.74) is 1.80. The van der Waals surface area contributed by atoms with Crippen LogP contribution in [0, 0.1) is 5.92 Å². The maximum atomic E-state index is 12.7. The summed E-state index contributed by atoms with van der Waals surface area (Å²) in [7, 11) is 0. The highest BCUT2D eigenvalue weighted by atomic mass is 16.5. The molecule has 2 atom stereocenters. The highest BCUT2D eigenvalue weighted by molar-refractivity contribution is 5.95. The van der Waals surface area contributed by atoms with Gasteiger partial charge in [-0.2, -0.15) is 0 Å². The van der Waals surface area contributed by atoms with Crippen LogP contribution in [0.1, 0.15) is 30.9 Å². The number of carboxylic acid groups (broad SMARTS) is 1. The van der Waals surface area contributed by atoms with E-state index in [4.69, 9.17) is 4.74 Å². The van der Waals surface area contributed by atoms with Gasteiger partial charge in [-0.1, -0.05) is 79.7 Å². The molecule has 3 aromatic rings. The Kier molecular flexibility index (Phi) is 10.7. The molecule has 0 heterocycles. The Morgan fingerprint density at radius 1 is 0.872 bits per heavy atom. The maximum absolute atomic E-state index is 12.7. The number of hydrogen-bond acceptors (Lipinski definition) is 6. The van der Waals surface area contributed by atoms with Crippen LogP contribution in [0.2, 0.25) is 0 Å². The number of amides is 2. The number of nitrogens with one attached hydrogen (secondary N) is 2. The largest absolute Gasteiger partial charge is 0.481 e. The molecule has 9 heteroatoms. The Morgan fingerprint density at radius 3 is 2.31 bits per heavy atom. The van der Waals surface area contributed by atoms with Crippen molar-refractivity contribution in [3.05, 3.63) is 83.9 Å². The summed E-state index contributed by atoms with van der Waals surface area (Å²) in [5.74, 6) is -4.49. The van der Waals surface area contributed by atoms with E-state index in [0.29, 0.717) is 13.0 Å². The first-order valence-electron chi connectivity index (χ1n) is 12.7. The number of ketones is 1. The molecule has 0 aromatic heterocycles. The van der Waals surface area contributed by atoms with Gasteiger partial charge in [-0.15, -0.1) is 0 Å². The minimum absolute atomic E-state index is 0.0684. The van der Waals surface area contributed by atoms with Gasteiger partial charge in [-0.3, -0.25) is 24.0 Å². The minimum atomic E-state index is -1.40. The molecule has 0 aliphatic rings. The molecule has 0 saturated carbocycles. The van der Waals surface area contributed by atoms with Crippen LogP contribution in [0.25, 0.3) is 10.8 Å². The predicted molar refractivity (Wildman–Crippen MR) is 145 cm³/mol. The van der Waals surface area contributed by atoms with Gasteiger partial charge < -0.3 is 20.5 Å². The van der Waals surface area contributed by atoms with Gasteiger partial charge in [-0.05, 0) is 28.3 Å². The van der Waals surface area contributed by atoms with Gasteiger partial charge in [0.1, 0.15) is 6.04 Å². The second-order valence-electron chi connectivity index (χ2n) is 9.29. The topological polar surface area (TPSA) is 139 Å². The van der Waals surface area contributed by atoms with Crippen LogP contribution in [0.3, 0.4) is 0 Å². The van der Waals surface area contributed by atoms with Gasteiger partial charge >= 0.3 is 11.9 Å². The van der Waals surface area contributed by atoms with Crippen molar-refractivity contribution in [1.82, 2.24) is 10.6 Å². The first-order valence-corrected chi connectivity index (χ1v) is 12.7. The van der Waals surface area contributed by atoms with Crippen molar-refractivity contribution in [2.24, 2.45) is 5.92 Å². The van der Waals surface area contributed by atoms with Gasteiger partial charge in [0.2, 0.25) is 11.8 Å². The highest BCUT2D eigenvalue weighted by Gasteiger charge is 2.27. The molecule has 3 aromatic carbocycles. The van der Waals surface area contributed by atoms with Crippen molar-refractivity contribution >= 4 is 40.3 Å². The third-order valence-corrected chi connectivity index (χ3v) is 6.19. The smallest absolute Gasteiger partial charge is 0.310 e. The number of esters is 1. The predicted octanol–water partition coefficient (Wildman–Crippen LogP) is 2.84. The van der Waals surface area contributed by atoms with E-state index < -0.39 is 48.6 Å². The quantitative estimate of drug-likeness (QED) is 0.271. The van der Waals surface area contributed by atoms with Gasteiger partial charge in [0.05, 0.1) is 12.8 Å². The monoisotopic (exact) mass is 532 g/mol. The van der Waals surface area contributed by atoms with Crippen LogP contribution >= 0.6 is 0 Å². The molecule has 2 amide bonds. The molecule has 0 spiro atoms. The van der Waals surface area contributed by atoms with Crippen LogP contribution < -0.4 is 10.6 Å². The second-order valence-corrected chi connectivity index (χ2v) is 9.29. The average Bonchev–Trinajstić information content (AvgIpc) is 2.92. The van der Waals surface area contributed by atoms with Crippen molar-refractivity contribution in [2.45, 2.75) is 38.6 Å². The SMILES string of the molecule is CC(CC(=O)NCCc1ccccc1)C(=O)NC(CC(=O)O)C(=O)COC(=O)Cc1cccc2ccccc12. The minimum Gasteiger partial charge on any atom is -0.481 e. The molecular weight excluding hydrogens is 500 g/mol. The fourth-order valence-corrected chi connectivity index (χ4v) is 4.07. The first-order chi connectivity index (χ1) is 18.7. The van der Waals surface area contributed by atoms with Crippen LogP contribution in [0.5, 0.6) is 0 Å². The second kappa shape index (κ2) is 14.4. The van der Waals surface area contributed by atoms with Crippen LogP contribution in [-0.2, 0) is 41.6 Å². The number of carboxylic acids is 1. The van der Waals surface area contributed by atoms with Crippen LogP contribution in [-0.4, -0.2) is 53.8 Å². The van der Waals surface area contributed by atoms with Gasteiger partial charge in [0.15, 0.2) is 12.4 Å². The van der Waals surface area contributed by atoms with Crippen molar-refractivity contribution < 1.29 is 33.8 Å². The zero-order valence-electron chi connectivity index (χ0n) is 21.7. The van der Waals surface area contributed by atoms with E-state index in [9.17, 15) is 29.1 Å². The fraction of sp³-hybridized carbons (Fsp3) is 0.300. The molecule has 9 nitrogen and oxygen atoms in total. The Balaban J connectivity index is 1.48. The molecule has 0 aliphatic carbocycles. The van der Waals surface area contributed by atoms with Gasteiger partial charge in [0.25, 0.3) is 0 Å². The standard InChI is InChI=1S/C30H32N2O7/c1-20(16-27(34)31-15-14-21-8-3-2-4-9-21)30(38)32-25(18-28(35)36)26(33)19-39-29(37)17-23-12-7-11-22-10-5-6-13-24(22)23/h2-13,20,25H,14-19H2,1H3,(H,31,34)(H,32,38)(H,35,36). The van der Waals surface area contributed by atoms with E-state index >= 15 is 0 Å². The lowest BCUT2D eigenvalue weighted by Crippen LogP contribution is -2.46. The Hall–Kier alpha value is -4.53. The third kappa shape index (κ3) is 9.37. The molecule has 3 N–H and O–H groups in total. The van der Waals surface area contributed by atoms with Crippen molar-refractivity contribution in [3.63, 3.8) is 0 Å². The lowest BCUT2D eigenvalue weighted by atomic mass is 10.0. The summed E-state index contributed by atoms with van der Waals surface area (Å²) in [4.78, 5) is 61.3. The number of rotatable bonds is 14. The molecule has 0 aliphatic heterocycles.